The van der Waals surface area contributed by atoms with Crippen LogP contribution in [0.5, 0.6) is 5.75 Å². The SMILES string of the molecule is Cc1cccc2c(O)c(C[C@@H]3C(=O)C4CC[NH+]3CC4)c(=O)oc12. The van der Waals surface area contributed by atoms with Crippen molar-refractivity contribution in [1.82, 2.24) is 0 Å². The van der Waals surface area contributed by atoms with Crippen LogP contribution in [-0.4, -0.2) is 30.0 Å². The molecule has 0 aliphatic carbocycles. The minimum atomic E-state index is -0.529. The van der Waals surface area contributed by atoms with E-state index in [1.165, 1.54) is 4.90 Å². The van der Waals surface area contributed by atoms with Gasteiger partial charge in [0.05, 0.1) is 24.0 Å². The van der Waals surface area contributed by atoms with Gasteiger partial charge in [0.2, 0.25) is 0 Å². The number of fused-ring (bicyclic) bond motifs is 4. The van der Waals surface area contributed by atoms with E-state index in [0.717, 1.165) is 31.5 Å². The van der Waals surface area contributed by atoms with Gasteiger partial charge >= 0.3 is 5.63 Å². The van der Waals surface area contributed by atoms with Gasteiger partial charge in [-0.3, -0.25) is 4.79 Å². The Hall–Kier alpha value is -2.14. The fourth-order valence-electron chi connectivity index (χ4n) is 4.12. The van der Waals surface area contributed by atoms with Crippen molar-refractivity contribution >= 4 is 16.8 Å². The summed E-state index contributed by atoms with van der Waals surface area (Å²) >= 11 is 0. The van der Waals surface area contributed by atoms with Crippen LogP contribution in [0.2, 0.25) is 0 Å². The largest absolute Gasteiger partial charge is 0.507 e. The zero-order chi connectivity index (χ0) is 16.1. The quantitative estimate of drug-likeness (QED) is 0.796. The number of Topliss-reactive ketones (excluding diaryl/α,β-unsaturated/α-hetero) is 1. The van der Waals surface area contributed by atoms with Gasteiger partial charge in [-0.2, -0.15) is 0 Å². The van der Waals surface area contributed by atoms with Crippen molar-refractivity contribution < 1.29 is 19.2 Å². The zero-order valence-corrected chi connectivity index (χ0v) is 13.1. The molecule has 1 aromatic heterocycles. The first-order chi connectivity index (χ1) is 11.1. The van der Waals surface area contributed by atoms with E-state index < -0.39 is 5.63 Å². The second kappa shape index (κ2) is 5.20. The van der Waals surface area contributed by atoms with Crippen molar-refractivity contribution in [2.75, 3.05) is 13.1 Å². The lowest BCUT2D eigenvalue weighted by Crippen LogP contribution is -3.20. The molecule has 3 saturated heterocycles. The van der Waals surface area contributed by atoms with E-state index in [1.807, 2.05) is 19.1 Å². The summed E-state index contributed by atoms with van der Waals surface area (Å²) in [5.41, 5.74) is 0.937. The van der Waals surface area contributed by atoms with Gasteiger partial charge in [-0.1, -0.05) is 12.1 Å². The number of para-hydroxylation sites is 1. The monoisotopic (exact) mass is 314 g/mol. The number of hydrogen-bond acceptors (Lipinski definition) is 4. The number of rotatable bonds is 2. The molecule has 4 heterocycles. The molecule has 3 fully saturated rings. The van der Waals surface area contributed by atoms with Crippen LogP contribution in [0.4, 0.5) is 0 Å². The Kier molecular flexibility index (Phi) is 3.27. The molecule has 0 radical (unpaired) electrons. The molecule has 3 aliphatic rings. The van der Waals surface area contributed by atoms with Gasteiger partial charge in [0.25, 0.3) is 0 Å². The summed E-state index contributed by atoms with van der Waals surface area (Å²) in [5.74, 6) is 0.338. The highest BCUT2D eigenvalue weighted by atomic mass is 16.4. The minimum absolute atomic E-state index is 0.0326. The third-order valence-electron chi connectivity index (χ3n) is 5.47. The minimum Gasteiger partial charge on any atom is -0.507 e. The van der Waals surface area contributed by atoms with Gasteiger partial charge in [-0.05, 0) is 18.6 Å². The predicted molar refractivity (Wildman–Crippen MR) is 84.8 cm³/mol. The van der Waals surface area contributed by atoms with Gasteiger partial charge in [-0.25, -0.2) is 4.79 Å². The molecule has 0 amide bonds. The maximum atomic E-state index is 12.5. The van der Waals surface area contributed by atoms with Crippen LogP contribution in [-0.2, 0) is 11.2 Å². The zero-order valence-electron chi connectivity index (χ0n) is 13.1. The van der Waals surface area contributed by atoms with E-state index in [9.17, 15) is 14.7 Å². The average Bonchev–Trinajstić information content (AvgIpc) is 2.55. The van der Waals surface area contributed by atoms with E-state index in [1.54, 1.807) is 6.07 Å². The Morgan fingerprint density at radius 1 is 1.26 bits per heavy atom. The highest BCUT2D eigenvalue weighted by molar-refractivity contribution is 5.88. The van der Waals surface area contributed by atoms with Gasteiger partial charge < -0.3 is 14.4 Å². The van der Waals surface area contributed by atoms with Gasteiger partial charge in [0.15, 0.2) is 11.8 Å². The Balaban J connectivity index is 1.78. The molecule has 5 rings (SSSR count). The third-order valence-corrected chi connectivity index (χ3v) is 5.47. The summed E-state index contributed by atoms with van der Waals surface area (Å²) in [7, 11) is 0. The molecule has 0 unspecified atom stereocenters. The number of aryl methyl sites for hydroxylation is 1. The van der Waals surface area contributed by atoms with Crippen molar-refractivity contribution in [2.24, 2.45) is 5.92 Å². The van der Waals surface area contributed by atoms with Crippen LogP contribution in [0.15, 0.2) is 27.4 Å². The van der Waals surface area contributed by atoms with E-state index in [0.29, 0.717) is 11.0 Å². The van der Waals surface area contributed by atoms with Crippen molar-refractivity contribution in [3.05, 3.63) is 39.7 Å². The number of carbonyl (C=O) groups is 1. The number of quaternary nitrogens is 1. The number of carbonyl (C=O) groups excluding carboxylic acids is 1. The highest BCUT2D eigenvalue weighted by Gasteiger charge is 2.45. The van der Waals surface area contributed by atoms with E-state index in [2.05, 4.69) is 0 Å². The van der Waals surface area contributed by atoms with Crippen LogP contribution >= 0.6 is 0 Å². The van der Waals surface area contributed by atoms with Gasteiger partial charge in [-0.15, -0.1) is 0 Å². The Morgan fingerprint density at radius 2 is 2.00 bits per heavy atom. The second-order valence-corrected chi connectivity index (χ2v) is 6.76. The predicted octanol–water partition coefficient (Wildman–Crippen LogP) is 0.596. The van der Waals surface area contributed by atoms with E-state index >= 15 is 0 Å². The average molecular weight is 314 g/mol. The molecule has 2 aromatic rings. The summed E-state index contributed by atoms with van der Waals surface area (Å²) in [5, 5.41) is 11.1. The first-order valence-electron chi connectivity index (χ1n) is 8.19. The van der Waals surface area contributed by atoms with Crippen LogP contribution < -0.4 is 10.5 Å². The molecule has 1 atom stereocenters. The molecular formula is C18H20NO4+. The molecule has 2 bridgehead atoms. The van der Waals surface area contributed by atoms with Crippen LogP contribution in [0.3, 0.4) is 0 Å². The standard InChI is InChI=1S/C18H19NO4/c1-10-3-2-4-12-16(21)13(18(22)23-17(10)12)9-14-15(20)11-5-7-19(14)8-6-11/h2-4,11,14,21H,5-9H2,1H3/p+1/t14-/m1/s1. The molecule has 23 heavy (non-hydrogen) atoms. The Bertz CT molecular complexity index is 846. The van der Waals surface area contributed by atoms with Gasteiger partial charge in [0.1, 0.15) is 11.3 Å². The molecule has 5 heteroatoms. The summed E-state index contributed by atoms with van der Waals surface area (Å²) in [6, 6.07) is 5.18. The van der Waals surface area contributed by atoms with E-state index in [-0.39, 0.29) is 35.5 Å². The fourth-order valence-corrected chi connectivity index (χ4v) is 4.12. The molecular weight excluding hydrogens is 294 g/mol. The van der Waals surface area contributed by atoms with Crippen molar-refractivity contribution in [1.29, 1.82) is 0 Å². The first-order valence-corrected chi connectivity index (χ1v) is 8.19. The molecule has 0 spiro atoms. The highest BCUT2D eigenvalue weighted by Crippen LogP contribution is 2.29. The second-order valence-electron chi connectivity index (χ2n) is 6.76. The fraction of sp³-hybridized carbons (Fsp3) is 0.444. The maximum Gasteiger partial charge on any atom is 0.343 e. The summed E-state index contributed by atoms with van der Waals surface area (Å²) in [6.45, 7) is 3.78. The summed E-state index contributed by atoms with van der Waals surface area (Å²) in [4.78, 5) is 26.1. The van der Waals surface area contributed by atoms with Gasteiger partial charge in [0, 0.05) is 25.2 Å². The first kappa shape index (κ1) is 14.5. The van der Waals surface area contributed by atoms with Crippen molar-refractivity contribution in [3.8, 4) is 5.75 Å². The van der Waals surface area contributed by atoms with Crippen LogP contribution in [0.1, 0.15) is 24.0 Å². The maximum absolute atomic E-state index is 12.5. The number of benzene rings is 1. The normalized spacial score (nSPS) is 26.8. The molecule has 2 N–H and O–H groups in total. The lowest BCUT2D eigenvalue weighted by molar-refractivity contribution is -0.927. The smallest absolute Gasteiger partial charge is 0.343 e. The Morgan fingerprint density at radius 3 is 2.70 bits per heavy atom. The van der Waals surface area contributed by atoms with Crippen molar-refractivity contribution in [3.63, 3.8) is 0 Å². The van der Waals surface area contributed by atoms with Crippen LogP contribution in [0, 0.1) is 12.8 Å². The topological polar surface area (TPSA) is 71.9 Å². The lowest BCUT2D eigenvalue weighted by atomic mass is 9.80. The lowest BCUT2D eigenvalue weighted by Gasteiger charge is -2.40. The third kappa shape index (κ3) is 2.18. The summed E-state index contributed by atoms with van der Waals surface area (Å²) < 4.78 is 5.43. The Labute approximate surface area is 133 Å². The molecule has 1 aromatic carbocycles. The molecule has 120 valence electrons. The molecule has 5 nitrogen and oxygen atoms in total. The molecule has 3 aliphatic heterocycles. The number of ketones is 1. The number of hydrogen-bond donors (Lipinski definition) is 2. The van der Waals surface area contributed by atoms with Crippen LogP contribution in [0.25, 0.3) is 11.0 Å². The summed E-state index contributed by atoms with van der Waals surface area (Å²) in [6.07, 6.45) is 2.16. The number of aromatic hydroxyl groups is 1. The van der Waals surface area contributed by atoms with E-state index in [4.69, 9.17) is 4.42 Å². The van der Waals surface area contributed by atoms with Crippen molar-refractivity contribution in [2.45, 2.75) is 32.2 Å². The molecule has 0 saturated carbocycles. The number of nitrogens with one attached hydrogen (secondary N) is 1. The number of piperidine rings is 3.